The van der Waals surface area contributed by atoms with Crippen LogP contribution in [-0.4, -0.2) is 24.4 Å². The Bertz CT molecular complexity index is 1040. The van der Waals surface area contributed by atoms with E-state index in [2.05, 4.69) is 31.4 Å². The lowest BCUT2D eigenvalue weighted by molar-refractivity contribution is 0.0592. The highest BCUT2D eigenvalue weighted by atomic mass is 35.5. The normalized spacial score (nSPS) is 22.3. The largest absolute Gasteiger partial charge is 0.351 e. The zero-order valence-electron chi connectivity index (χ0n) is 18.2. The van der Waals surface area contributed by atoms with Crippen molar-refractivity contribution in [2.24, 2.45) is 10.8 Å². The van der Waals surface area contributed by atoms with Crippen LogP contribution in [0.5, 0.6) is 0 Å². The molecule has 1 aliphatic carbocycles. The fraction of sp³-hybridized carbons (Fsp3) is 0.417. The van der Waals surface area contributed by atoms with Gasteiger partial charge in [-0.1, -0.05) is 67.2 Å². The molecule has 0 heterocycles. The summed E-state index contributed by atoms with van der Waals surface area (Å²) in [6.07, 6.45) is 2.46. The van der Waals surface area contributed by atoms with Gasteiger partial charge in [0.2, 0.25) is 0 Å². The summed E-state index contributed by atoms with van der Waals surface area (Å²) in [4.78, 5) is 25.5. The molecule has 0 spiro atoms. The van der Waals surface area contributed by atoms with Gasteiger partial charge in [0.05, 0.1) is 21.2 Å². The lowest BCUT2D eigenvalue weighted by atomic mass is 9.62. The Morgan fingerprint density at radius 2 is 1.41 bits per heavy atom. The minimum absolute atomic E-state index is 0.0165. The third kappa shape index (κ3) is 6.32. The highest BCUT2D eigenvalue weighted by molar-refractivity contribution is 6.37. The monoisotopic (exact) mass is 514 g/mol. The highest BCUT2D eigenvalue weighted by Crippen LogP contribution is 2.46. The first-order chi connectivity index (χ1) is 14.9. The van der Waals surface area contributed by atoms with Crippen molar-refractivity contribution in [3.63, 3.8) is 0 Å². The van der Waals surface area contributed by atoms with E-state index in [0.717, 1.165) is 19.3 Å². The Morgan fingerprint density at radius 1 is 0.875 bits per heavy atom. The van der Waals surface area contributed by atoms with Gasteiger partial charge in [-0.2, -0.15) is 0 Å². The highest BCUT2D eigenvalue weighted by Gasteiger charge is 2.42. The van der Waals surface area contributed by atoms with Crippen LogP contribution in [0.3, 0.4) is 0 Å². The van der Waals surface area contributed by atoms with Crippen molar-refractivity contribution in [2.75, 3.05) is 6.54 Å². The third-order valence-corrected chi connectivity index (χ3v) is 6.90. The smallest absolute Gasteiger partial charge is 0.253 e. The molecule has 2 aromatic rings. The van der Waals surface area contributed by atoms with Crippen LogP contribution in [0.2, 0.25) is 20.1 Å². The molecule has 1 aliphatic rings. The van der Waals surface area contributed by atoms with E-state index >= 15 is 0 Å². The number of benzene rings is 2. The molecule has 1 fully saturated rings. The molecule has 4 nitrogen and oxygen atoms in total. The van der Waals surface area contributed by atoms with Gasteiger partial charge in [0.15, 0.2) is 0 Å². The lowest BCUT2D eigenvalue weighted by Gasteiger charge is -2.47. The van der Waals surface area contributed by atoms with Gasteiger partial charge in [-0.15, -0.1) is 0 Å². The Kier molecular flexibility index (Phi) is 7.71. The average molecular weight is 516 g/mol. The van der Waals surface area contributed by atoms with Crippen LogP contribution in [0, 0.1) is 10.8 Å². The molecular weight excluding hydrogens is 490 g/mol. The molecule has 2 unspecified atom stereocenters. The number of rotatable bonds is 5. The maximum Gasteiger partial charge on any atom is 0.253 e. The van der Waals surface area contributed by atoms with Gasteiger partial charge in [-0.05, 0) is 66.5 Å². The van der Waals surface area contributed by atoms with Gasteiger partial charge in [-0.25, -0.2) is 0 Å². The van der Waals surface area contributed by atoms with Crippen molar-refractivity contribution in [3.8, 4) is 0 Å². The minimum atomic E-state index is -0.246. The summed E-state index contributed by atoms with van der Waals surface area (Å²) < 4.78 is 0. The van der Waals surface area contributed by atoms with Crippen LogP contribution in [0.25, 0.3) is 0 Å². The summed E-state index contributed by atoms with van der Waals surface area (Å²) in [5.74, 6) is -0.474. The lowest BCUT2D eigenvalue weighted by Crippen LogP contribution is -2.50. The molecule has 0 bridgehead atoms. The topological polar surface area (TPSA) is 58.2 Å². The number of amides is 2. The summed E-state index contributed by atoms with van der Waals surface area (Å²) in [6.45, 7) is 6.95. The van der Waals surface area contributed by atoms with E-state index in [1.165, 1.54) is 0 Å². The summed E-state index contributed by atoms with van der Waals surface area (Å²) in [7, 11) is 0. The average Bonchev–Trinajstić information content (AvgIpc) is 2.64. The molecular formula is C24H26Cl4N2O2. The maximum absolute atomic E-state index is 12.8. The van der Waals surface area contributed by atoms with E-state index in [4.69, 9.17) is 46.4 Å². The van der Waals surface area contributed by atoms with Crippen molar-refractivity contribution in [3.05, 3.63) is 67.6 Å². The second-order valence-corrected chi connectivity index (χ2v) is 11.3. The van der Waals surface area contributed by atoms with Crippen molar-refractivity contribution in [2.45, 2.75) is 46.1 Å². The first-order valence-electron chi connectivity index (χ1n) is 10.4. The molecule has 2 N–H and O–H groups in total. The Labute approximate surface area is 208 Å². The fourth-order valence-electron chi connectivity index (χ4n) is 4.87. The van der Waals surface area contributed by atoms with E-state index < -0.39 is 0 Å². The molecule has 0 radical (unpaired) electrons. The second-order valence-electron chi connectivity index (χ2n) is 9.66. The molecule has 172 valence electrons. The van der Waals surface area contributed by atoms with E-state index in [1.807, 2.05) is 0 Å². The number of hydrogen-bond donors (Lipinski definition) is 2. The summed E-state index contributed by atoms with van der Waals surface area (Å²) in [6, 6.07) is 9.59. The Morgan fingerprint density at radius 3 is 1.94 bits per heavy atom. The van der Waals surface area contributed by atoms with Gasteiger partial charge in [0.1, 0.15) is 0 Å². The predicted molar refractivity (Wildman–Crippen MR) is 132 cm³/mol. The standard InChI is InChI=1S/C24H26Cl4N2O2/c1-23(2)10-16(30-22(32)18-7-5-15(26)9-20(18)28)11-24(3,12-23)13-29-21(31)17-6-4-14(25)8-19(17)27/h4-9,16H,10-13H2,1-3H3,(H,29,31)(H,30,32). The Balaban J connectivity index is 1.69. The fourth-order valence-corrected chi connectivity index (χ4v) is 5.86. The van der Waals surface area contributed by atoms with E-state index in [0.29, 0.717) is 37.8 Å². The van der Waals surface area contributed by atoms with Crippen LogP contribution < -0.4 is 10.6 Å². The van der Waals surface area contributed by atoms with Crippen LogP contribution in [0.15, 0.2) is 36.4 Å². The molecule has 1 saturated carbocycles. The van der Waals surface area contributed by atoms with Gasteiger partial charge in [0.25, 0.3) is 11.8 Å². The summed E-state index contributed by atoms with van der Waals surface area (Å²) in [5.41, 5.74) is 0.555. The molecule has 3 rings (SSSR count). The van der Waals surface area contributed by atoms with Crippen LogP contribution in [0.4, 0.5) is 0 Å². The third-order valence-electron chi connectivity index (χ3n) is 5.81. The van der Waals surface area contributed by atoms with Crippen LogP contribution in [-0.2, 0) is 0 Å². The first-order valence-corrected chi connectivity index (χ1v) is 11.9. The summed E-state index contributed by atoms with van der Waals surface area (Å²) >= 11 is 24.3. The van der Waals surface area contributed by atoms with Crippen LogP contribution >= 0.6 is 46.4 Å². The quantitative estimate of drug-likeness (QED) is 0.448. The Hall–Kier alpha value is -1.46. The van der Waals surface area contributed by atoms with Crippen LogP contribution in [0.1, 0.15) is 60.7 Å². The maximum atomic E-state index is 12.8. The molecule has 32 heavy (non-hydrogen) atoms. The SMILES string of the molecule is CC1(C)CC(NC(=O)c2ccc(Cl)cc2Cl)CC(C)(CNC(=O)c2ccc(Cl)cc2Cl)C1. The first kappa shape index (κ1) is 25.2. The molecule has 2 aromatic carbocycles. The van der Waals surface area contributed by atoms with Gasteiger partial charge in [0, 0.05) is 22.6 Å². The zero-order chi connectivity index (χ0) is 23.7. The molecule has 0 saturated heterocycles. The van der Waals surface area contributed by atoms with Crippen molar-refractivity contribution in [1.82, 2.24) is 10.6 Å². The molecule has 2 amide bonds. The van der Waals surface area contributed by atoms with Gasteiger partial charge in [-0.3, -0.25) is 9.59 Å². The van der Waals surface area contributed by atoms with E-state index in [1.54, 1.807) is 36.4 Å². The molecule has 0 aromatic heterocycles. The van der Waals surface area contributed by atoms with Crippen molar-refractivity contribution >= 4 is 58.2 Å². The van der Waals surface area contributed by atoms with Gasteiger partial charge >= 0.3 is 0 Å². The predicted octanol–water partition coefficient (Wildman–Crippen LogP) is 7.05. The number of carbonyl (C=O) groups excluding carboxylic acids is 2. The number of carbonyl (C=O) groups is 2. The van der Waals surface area contributed by atoms with Crippen molar-refractivity contribution < 1.29 is 9.59 Å². The molecule has 8 heteroatoms. The number of hydrogen-bond acceptors (Lipinski definition) is 2. The second kappa shape index (κ2) is 9.80. The van der Waals surface area contributed by atoms with Crippen molar-refractivity contribution in [1.29, 1.82) is 0 Å². The number of nitrogens with one attached hydrogen (secondary N) is 2. The molecule has 0 aliphatic heterocycles. The summed E-state index contributed by atoms with van der Waals surface area (Å²) in [5, 5.41) is 7.73. The van der Waals surface area contributed by atoms with E-state index in [-0.39, 0.29) is 28.7 Å². The van der Waals surface area contributed by atoms with Gasteiger partial charge < -0.3 is 10.6 Å². The minimum Gasteiger partial charge on any atom is -0.351 e. The van der Waals surface area contributed by atoms with E-state index in [9.17, 15) is 9.59 Å². The molecule has 2 atom stereocenters. The zero-order valence-corrected chi connectivity index (χ0v) is 21.2. The number of halogens is 4.